The fourth-order valence-corrected chi connectivity index (χ4v) is 2.71. The summed E-state index contributed by atoms with van der Waals surface area (Å²) in [5.41, 5.74) is 1.05. The van der Waals surface area contributed by atoms with Gasteiger partial charge in [0, 0.05) is 31.5 Å². The van der Waals surface area contributed by atoms with Crippen LogP contribution < -0.4 is 5.32 Å². The van der Waals surface area contributed by atoms with Crippen molar-refractivity contribution in [2.75, 3.05) is 38.4 Å². The van der Waals surface area contributed by atoms with Crippen molar-refractivity contribution in [2.45, 2.75) is 13.3 Å². The highest BCUT2D eigenvalue weighted by molar-refractivity contribution is 7.88. The minimum atomic E-state index is -3.48. The number of rotatable bonds is 9. The summed E-state index contributed by atoms with van der Waals surface area (Å²) < 4.78 is 29.4. The zero-order valence-electron chi connectivity index (χ0n) is 13.5. The van der Waals surface area contributed by atoms with Gasteiger partial charge >= 0.3 is 0 Å². The number of nitrogens with zero attached hydrogens (tertiary/aromatic N) is 1. The van der Waals surface area contributed by atoms with E-state index >= 15 is 0 Å². The van der Waals surface area contributed by atoms with Crippen LogP contribution in [-0.4, -0.2) is 57.5 Å². The highest BCUT2D eigenvalue weighted by Crippen LogP contribution is 2.10. The van der Waals surface area contributed by atoms with E-state index in [0.717, 1.165) is 10.6 Å². The third kappa shape index (κ3) is 6.89. The molecule has 0 saturated heterocycles. The van der Waals surface area contributed by atoms with E-state index in [0.29, 0.717) is 24.3 Å². The van der Waals surface area contributed by atoms with Gasteiger partial charge in [0.25, 0.3) is 0 Å². The molecular weight excluding hydrogens is 320 g/mol. The SMILES string of the molecule is COCCCN(CC(=O)Nc1ccc(C(C)=O)cc1)S(C)(=O)=O. The molecule has 0 atom stereocenters. The van der Waals surface area contributed by atoms with E-state index in [1.165, 1.54) is 14.0 Å². The number of Topliss-reactive ketones (excluding diaryl/α,β-unsaturated/α-hetero) is 1. The summed E-state index contributed by atoms with van der Waals surface area (Å²) in [6, 6.07) is 6.41. The number of carbonyl (C=O) groups excluding carboxylic acids is 2. The van der Waals surface area contributed by atoms with Crippen LogP contribution in [0, 0.1) is 0 Å². The van der Waals surface area contributed by atoms with Crippen molar-refractivity contribution >= 4 is 27.4 Å². The number of benzene rings is 1. The summed E-state index contributed by atoms with van der Waals surface area (Å²) in [7, 11) is -1.95. The van der Waals surface area contributed by atoms with Crippen LogP contribution >= 0.6 is 0 Å². The molecule has 0 spiro atoms. The minimum Gasteiger partial charge on any atom is -0.385 e. The Bertz CT molecular complexity index is 640. The molecule has 0 aromatic heterocycles. The topological polar surface area (TPSA) is 92.8 Å². The van der Waals surface area contributed by atoms with Crippen molar-refractivity contribution in [1.29, 1.82) is 0 Å². The van der Waals surface area contributed by atoms with Crippen molar-refractivity contribution in [3.05, 3.63) is 29.8 Å². The molecule has 7 nitrogen and oxygen atoms in total. The van der Waals surface area contributed by atoms with Crippen LogP contribution in [0.4, 0.5) is 5.69 Å². The lowest BCUT2D eigenvalue weighted by atomic mass is 10.1. The van der Waals surface area contributed by atoms with Crippen molar-refractivity contribution in [2.24, 2.45) is 0 Å². The molecule has 23 heavy (non-hydrogen) atoms. The zero-order chi connectivity index (χ0) is 17.5. The second-order valence-electron chi connectivity index (χ2n) is 5.12. The number of hydrogen-bond acceptors (Lipinski definition) is 5. The first-order valence-electron chi connectivity index (χ1n) is 7.09. The first-order chi connectivity index (χ1) is 10.7. The quantitative estimate of drug-likeness (QED) is 0.536. The van der Waals surface area contributed by atoms with E-state index in [4.69, 9.17) is 4.74 Å². The lowest BCUT2D eigenvalue weighted by Crippen LogP contribution is -2.38. The maximum atomic E-state index is 12.0. The molecule has 0 heterocycles. The molecule has 1 aromatic carbocycles. The molecule has 0 aliphatic carbocycles. The van der Waals surface area contributed by atoms with E-state index in [9.17, 15) is 18.0 Å². The monoisotopic (exact) mass is 342 g/mol. The Balaban J connectivity index is 2.66. The maximum Gasteiger partial charge on any atom is 0.239 e. The molecule has 128 valence electrons. The van der Waals surface area contributed by atoms with Gasteiger partial charge in [-0.2, -0.15) is 4.31 Å². The van der Waals surface area contributed by atoms with E-state index in [1.54, 1.807) is 24.3 Å². The van der Waals surface area contributed by atoms with Crippen molar-refractivity contribution < 1.29 is 22.7 Å². The van der Waals surface area contributed by atoms with Crippen LogP contribution in [-0.2, 0) is 19.6 Å². The van der Waals surface area contributed by atoms with Gasteiger partial charge in [-0.25, -0.2) is 8.42 Å². The summed E-state index contributed by atoms with van der Waals surface area (Å²) >= 11 is 0. The molecule has 1 amide bonds. The van der Waals surface area contributed by atoms with Gasteiger partial charge in [0.15, 0.2) is 5.78 Å². The second-order valence-corrected chi connectivity index (χ2v) is 7.11. The average Bonchev–Trinajstić information content (AvgIpc) is 2.46. The van der Waals surface area contributed by atoms with Crippen molar-refractivity contribution in [1.82, 2.24) is 4.31 Å². The maximum absolute atomic E-state index is 12.0. The van der Waals surface area contributed by atoms with E-state index in [1.807, 2.05) is 0 Å². The number of amides is 1. The molecule has 0 bridgehead atoms. The Morgan fingerprint density at radius 3 is 2.30 bits per heavy atom. The molecule has 8 heteroatoms. The highest BCUT2D eigenvalue weighted by Gasteiger charge is 2.19. The molecule has 0 aliphatic heterocycles. The normalized spacial score (nSPS) is 11.5. The van der Waals surface area contributed by atoms with E-state index in [2.05, 4.69) is 5.32 Å². The van der Waals surface area contributed by atoms with Gasteiger partial charge in [-0.3, -0.25) is 9.59 Å². The third-order valence-corrected chi connectivity index (χ3v) is 4.37. The number of hydrogen-bond donors (Lipinski definition) is 1. The lowest BCUT2D eigenvalue weighted by molar-refractivity contribution is -0.116. The van der Waals surface area contributed by atoms with Crippen molar-refractivity contribution in [3.63, 3.8) is 0 Å². The van der Waals surface area contributed by atoms with Crippen LogP contribution in [0.1, 0.15) is 23.7 Å². The minimum absolute atomic E-state index is 0.0655. The Morgan fingerprint density at radius 1 is 1.22 bits per heavy atom. The molecule has 0 saturated carbocycles. The predicted octanol–water partition coefficient (Wildman–Crippen LogP) is 1.13. The summed E-state index contributed by atoms with van der Waals surface area (Å²) in [5.74, 6) is -0.507. The van der Waals surface area contributed by atoms with Gasteiger partial charge in [-0.1, -0.05) is 0 Å². The molecule has 1 aromatic rings. The molecule has 1 N–H and O–H groups in total. The smallest absolute Gasteiger partial charge is 0.239 e. The Morgan fingerprint density at radius 2 is 1.83 bits per heavy atom. The number of ketones is 1. The van der Waals surface area contributed by atoms with Crippen molar-refractivity contribution in [3.8, 4) is 0 Å². The Hall–Kier alpha value is -1.77. The molecule has 0 fully saturated rings. The van der Waals surface area contributed by atoms with E-state index < -0.39 is 15.9 Å². The molecule has 0 unspecified atom stereocenters. The Labute approximate surface area is 136 Å². The number of nitrogens with one attached hydrogen (secondary N) is 1. The second kappa shape index (κ2) is 8.76. The van der Waals surface area contributed by atoms with Crippen LogP contribution in [0.15, 0.2) is 24.3 Å². The molecule has 0 aliphatic rings. The fraction of sp³-hybridized carbons (Fsp3) is 0.467. The first-order valence-corrected chi connectivity index (χ1v) is 8.94. The number of anilines is 1. The van der Waals surface area contributed by atoms with Crippen LogP contribution in [0.25, 0.3) is 0 Å². The van der Waals surface area contributed by atoms with Gasteiger partial charge in [0.2, 0.25) is 15.9 Å². The molecular formula is C15H22N2O5S. The zero-order valence-corrected chi connectivity index (χ0v) is 14.4. The first kappa shape index (κ1) is 19.3. The summed E-state index contributed by atoms with van der Waals surface area (Å²) in [6.07, 6.45) is 1.57. The van der Waals surface area contributed by atoms with Gasteiger partial charge in [-0.05, 0) is 37.6 Å². The van der Waals surface area contributed by atoms with Crippen LogP contribution in [0.2, 0.25) is 0 Å². The van der Waals surface area contributed by atoms with Crippen LogP contribution in [0.3, 0.4) is 0 Å². The molecule has 1 rings (SSSR count). The van der Waals surface area contributed by atoms with Crippen LogP contribution in [0.5, 0.6) is 0 Å². The average molecular weight is 342 g/mol. The molecule has 0 radical (unpaired) electrons. The summed E-state index contributed by atoms with van der Waals surface area (Å²) in [4.78, 5) is 23.2. The number of ether oxygens (including phenoxy) is 1. The van der Waals surface area contributed by atoms with E-state index in [-0.39, 0.29) is 18.9 Å². The van der Waals surface area contributed by atoms with Gasteiger partial charge in [-0.15, -0.1) is 0 Å². The summed E-state index contributed by atoms with van der Waals surface area (Å²) in [6.45, 7) is 1.82. The lowest BCUT2D eigenvalue weighted by Gasteiger charge is -2.19. The van der Waals surface area contributed by atoms with Gasteiger partial charge in [0.1, 0.15) is 0 Å². The number of methoxy groups -OCH3 is 1. The van der Waals surface area contributed by atoms with Gasteiger partial charge < -0.3 is 10.1 Å². The number of carbonyl (C=O) groups is 2. The van der Waals surface area contributed by atoms with Gasteiger partial charge in [0.05, 0.1) is 12.8 Å². The summed E-state index contributed by atoms with van der Waals surface area (Å²) in [5, 5.41) is 2.61. The third-order valence-electron chi connectivity index (χ3n) is 3.12. The highest BCUT2D eigenvalue weighted by atomic mass is 32.2. The number of sulfonamides is 1. The standard InChI is InChI=1S/C15H22N2O5S/c1-12(18)13-5-7-14(8-6-13)16-15(19)11-17(23(3,20)21)9-4-10-22-2/h5-8H,4,9-11H2,1-3H3,(H,16,19). The largest absolute Gasteiger partial charge is 0.385 e. The fourth-order valence-electron chi connectivity index (χ4n) is 1.90. The Kier molecular flexibility index (Phi) is 7.34. The predicted molar refractivity (Wildman–Crippen MR) is 88.0 cm³/mol.